The summed E-state index contributed by atoms with van der Waals surface area (Å²) in [6, 6.07) is 3.95. The first-order valence-corrected chi connectivity index (χ1v) is 11.9. The highest BCUT2D eigenvalue weighted by Gasteiger charge is 2.17. The third-order valence-electron chi connectivity index (χ3n) is 4.90. The van der Waals surface area contributed by atoms with Crippen molar-refractivity contribution in [1.29, 1.82) is 0 Å². The second-order valence-electron chi connectivity index (χ2n) is 7.12. The Morgan fingerprint density at radius 3 is 2.62 bits per heavy atom. The molecule has 1 aliphatic heterocycles. The van der Waals surface area contributed by atoms with Gasteiger partial charge in [0.25, 0.3) is 6.43 Å². The van der Waals surface area contributed by atoms with Crippen LogP contribution in [-0.4, -0.2) is 42.6 Å². The molecule has 1 atom stereocenters. The van der Waals surface area contributed by atoms with E-state index >= 15 is 0 Å². The number of carbonyl (C=O) groups excluding carboxylic acids is 1. The number of alkyl halides is 2. The summed E-state index contributed by atoms with van der Waals surface area (Å²) in [5.41, 5.74) is 1.26. The average molecular weight is 503 g/mol. The molecular weight excluding hydrogens is 469 g/mol. The molecule has 10 heteroatoms. The quantitative estimate of drug-likeness (QED) is 0.390. The third kappa shape index (κ3) is 9.19. The molecule has 1 unspecified atom stereocenters. The molecule has 0 bridgehead atoms. The molecule has 0 amide bonds. The summed E-state index contributed by atoms with van der Waals surface area (Å²) in [7, 11) is 0. The molecule has 1 saturated heterocycles. The van der Waals surface area contributed by atoms with Crippen LogP contribution in [0.1, 0.15) is 56.5 Å². The minimum absolute atomic E-state index is 0.0376. The zero-order valence-electron chi connectivity index (χ0n) is 20.1. The molecule has 1 fully saturated rings. The van der Waals surface area contributed by atoms with Crippen molar-refractivity contribution in [2.24, 2.45) is 5.92 Å². The number of rotatable bonds is 7. The number of aldehydes is 1. The van der Waals surface area contributed by atoms with Crippen LogP contribution in [0.4, 0.5) is 19.0 Å². The van der Waals surface area contributed by atoms with Gasteiger partial charge in [0.15, 0.2) is 0 Å². The summed E-state index contributed by atoms with van der Waals surface area (Å²) in [6.07, 6.45) is -0.531. The minimum atomic E-state index is -2.85. The van der Waals surface area contributed by atoms with Crippen LogP contribution in [0.5, 0.6) is 0 Å². The molecule has 2 heterocycles. The van der Waals surface area contributed by atoms with Crippen LogP contribution in [-0.2, 0) is 28.9 Å². The van der Waals surface area contributed by atoms with E-state index < -0.39 is 17.8 Å². The van der Waals surface area contributed by atoms with Gasteiger partial charge in [-0.15, -0.1) is 0 Å². The van der Waals surface area contributed by atoms with Crippen molar-refractivity contribution < 1.29 is 22.7 Å². The molecule has 2 aromatic rings. The zero-order chi connectivity index (χ0) is 25.5. The van der Waals surface area contributed by atoms with E-state index in [1.165, 1.54) is 12.1 Å². The molecule has 6 nitrogen and oxygen atoms in total. The number of carbonyl (C=O) groups is 1. The lowest BCUT2D eigenvalue weighted by Gasteiger charge is -2.14. The molecule has 0 spiro atoms. The van der Waals surface area contributed by atoms with E-state index in [0.29, 0.717) is 25.3 Å². The first-order chi connectivity index (χ1) is 16.4. The zero-order valence-corrected chi connectivity index (χ0v) is 20.9. The number of ether oxygens (including phenoxy) is 1. The van der Waals surface area contributed by atoms with E-state index in [-0.39, 0.29) is 23.3 Å². The van der Waals surface area contributed by atoms with E-state index in [4.69, 9.17) is 16.3 Å². The molecule has 0 saturated carbocycles. The van der Waals surface area contributed by atoms with E-state index in [0.717, 1.165) is 43.3 Å². The standard InChI is InChI=1S/C16H17ClF3N3.C6H11NO2.C2H6/c1-3-10-12(4-2)22-16(17)23-15(10)21-8-9-6-5-7-11(13(9)18)14(19)20;8-4-6-3-7-1-2-9-5-6;1-2/h5-7,14H,3-4,8H2,1-2H3,(H,21,22,23);4,6-7H,1-3,5H2;1-2H3. The Balaban J connectivity index is 0.000000437. The summed E-state index contributed by atoms with van der Waals surface area (Å²) >= 11 is 5.90. The molecule has 2 N–H and O–H groups in total. The second-order valence-corrected chi connectivity index (χ2v) is 7.46. The predicted octanol–water partition coefficient (Wildman–Crippen LogP) is 5.39. The number of halogens is 4. The molecule has 190 valence electrons. The Hall–Kier alpha value is -2.23. The van der Waals surface area contributed by atoms with Crippen LogP contribution < -0.4 is 10.6 Å². The van der Waals surface area contributed by atoms with Gasteiger partial charge in [-0.3, -0.25) is 0 Å². The summed E-state index contributed by atoms with van der Waals surface area (Å²) in [5, 5.41) is 6.17. The fraction of sp³-hybridized carbons (Fsp3) is 0.542. The number of nitrogens with zero attached hydrogens (tertiary/aromatic N) is 2. The monoisotopic (exact) mass is 502 g/mol. The van der Waals surface area contributed by atoms with E-state index in [2.05, 4.69) is 20.6 Å². The molecule has 34 heavy (non-hydrogen) atoms. The van der Waals surface area contributed by atoms with E-state index in [1.807, 2.05) is 27.7 Å². The Morgan fingerprint density at radius 2 is 2.00 bits per heavy atom. The maximum Gasteiger partial charge on any atom is 0.266 e. The second kappa shape index (κ2) is 16.4. The maximum absolute atomic E-state index is 14.1. The Labute approximate surface area is 204 Å². The number of anilines is 1. The van der Waals surface area contributed by atoms with Gasteiger partial charge >= 0.3 is 0 Å². The van der Waals surface area contributed by atoms with Crippen molar-refractivity contribution in [2.45, 2.75) is 53.5 Å². The summed E-state index contributed by atoms with van der Waals surface area (Å²) in [5.74, 6) is -0.331. The minimum Gasteiger partial charge on any atom is -0.379 e. The Bertz CT molecular complexity index is 880. The van der Waals surface area contributed by atoms with E-state index in [1.54, 1.807) is 0 Å². The molecule has 3 rings (SSSR count). The van der Waals surface area contributed by atoms with Crippen molar-refractivity contribution >= 4 is 23.7 Å². The van der Waals surface area contributed by atoms with Crippen LogP contribution in [0.15, 0.2) is 18.2 Å². The highest BCUT2D eigenvalue weighted by molar-refractivity contribution is 6.28. The number of hydrogen-bond donors (Lipinski definition) is 2. The molecule has 1 aromatic carbocycles. The predicted molar refractivity (Wildman–Crippen MR) is 129 cm³/mol. The Morgan fingerprint density at radius 1 is 1.26 bits per heavy atom. The van der Waals surface area contributed by atoms with Gasteiger partial charge in [0.2, 0.25) is 5.28 Å². The van der Waals surface area contributed by atoms with Gasteiger partial charge in [-0.05, 0) is 24.4 Å². The van der Waals surface area contributed by atoms with Gasteiger partial charge in [0, 0.05) is 30.8 Å². The normalized spacial score (nSPS) is 15.4. The van der Waals surface area contributed by atoms with Crippen molar-refractivity contribution in [3.05, 3.63) is 51.7 Å². The lowest BCUT2D eigenvalue weighted by molar-refractivity contribution is -0.112. The van der Waals surface area contributed by atoms with Gasteiger partial charge in [-0.1, -0.05) is 45.9 Å². The van der Waals surface area contributed by atoms with Crippen LogP contribution in [0.2, 0.25) is 5.28 Å². The van der Waals surface area contributed by atoms with Crippen LogP contribution >= 0.6 is 11.6 Å². The van der Waals surface area contributed by atoms with Crippen molar-refractivity contribution in [3.8, 4) is 0 Å². The SMILES string of the molecule is CC.CCc1nc(Cl)nc(NCc2cccc(C(F)F)c2F)c1CC.O=CC1CNCCOC1. The smallest absolute Gasteiger partial charge is 0.266 e. The number of nitrogens with one attached hydrogen (secondary N) is 2. The molecule has 0 aliphatic carbocycles. The molecule has 1 aromatic heterocycles. The van der Waals surface area contributed by atoms with Crippen LogP contribution in [0.25, 0.3) is 0 Å². The summed E-state index contributed by atoms with van der Waals surface area (Å²) < 4.78 is 44.6. The first kappa shape index (κ1) is 29.8. The van der Waals surface area contributed by atoms with Crippen molar-refractivity contribution in [1.82, 2.24) is 15.3 Å². The van der Waals surface area contributed by atoms with Crippen LogP contribution in [0.3, 0.4) is 0 Å². The van der Waals surface area contributed by atoms with E-state index in [9.17, 15) is 18.0 Å². The van der Waals surface area contributed by atoms with Gasteiger partial charge < -0.3 is 20.2 Å². The lowest BCUT2D eigenvalue weighted by atomic mass is 10.1. The summed E-state index contributed by atoms with van der Waals surface area (Å²) in [4.78, 5) is 18.5. The van der Waals surface area contributed by atoms with Gasteiger partial charge in [-0.2, -0.15) is 0 Å². The molecular formula is C24H34ClF3N4O2. The number of benzene rings is 1. The number of hydrogen-bond acceptors (Lipinski definition) is 6. The highest BCUT2D eigenvalue weighted by Crippen LogP contribution is 2.25. The average Bonchev–Trinajstić information content (AvgIpc) is 3.13. The molecule has 0 radical (unpaired) electrons. The number of aryl methyl sites for hydroxylation is 1. The largest absolute Gasteiger partial charge is 0.379 e. The Kier molecular flexibility index (Phi) is 14.4. The van der Waals surface area contributed by atoms with Gasteiger partial charge in [0.1, 0.15) is 17.9 Å². The van der Waals surface area contributed by atoms with Crippen LogP contribution in [0, 0.1) is 11.7 Å². The fourth-order valence-electron chi connectivity index (χ4n) is 3.21. The van der Waals surface area contributed by atoms with Gasteiger partial charge in [-0.25, -0.2) is 23.1 Å². The number of aromatic nitrogens is 2. The van der Waals surface area contributed by atoms with Gasteiger partial charge in [0.05, 0.1) is 30.4 Å². The maximum atomic E-state index is 14.1. The summed E-state index contributed by atoms with van der Waals surface area (Å²) in [6.45, 7) is 10.9. The first-order valence-electron chi connectivity index (χ1n) is 11.5. The highest BCUT2D eigenvalue weighted by atomic mass is 35.5. The third-order valence-corrected chi connectivity index (χ3v) is 5.07. The van der Waals surface area contributed by atoms with Crippen molar-refractivity contribution in [3.63, 3.8) is 0 Å². The lowest BCUT2D eigenvalue weighted by Crippen LogP contribution is -2.23. The topological polar surface area (TPSA) is 76.1 Å². The van der Waals surface area contributed by atoms with Crippen molar-refractivity contribution in [2.75, 3.05) is 31.6 Å². The fourth-order valence-corrected chi connectivity index (χ4v) is 3.39. The molecule has 1 aliphatic rings.